The van der Waals surface area contributed by atoms with Crippen LogP contribution in [0.3, 0.4) is 0 Å². The molecule has 0 saturated carbocycles. The predicted molar refractivity (Wildman–Crippen MR) is 112 cm³/mol. The van der Waals surface area contributed by atoms with Gasteiger partial charge in [0, 0.05) is 34.4 Å². The molecule has 7 heteroatoms. The molecule has 3 N–H and O–H groups in total. The van der Waals surface area contributed by atoms with Gasteiger partial charge < -0.3 is 11.1 Å². The van der Waals surface area contributed by atoms with Crippen LogP contribution in [0.4, 0.5) is 5.69 Å². The van der Waals surface area contributed by atoms with Crippen molar-refractivity contribution in [2.24, 2.45) is 11.7 Å². The van der Waals surface area contributed by atoms with Crippen LogP contribution in [0.5, 0.6) is 0 Å². The van der Waals surface area contributed by atoms with Crippen LogP contribution in [0, 0.1) is 5.92 Å². The monoisotopic (exact) mass is 419 g/mol. The van der Waals surface area contributed by atoms with Gasteiger partial charge in [0.25, 0.3) is 0 Å². The molecular formula is C21H23Cl2N3O2. The van der Waals surface area contributed by atoms with E-state index in [9.17, 15) is 9.59 Å². The van der Waals surface area contributed by atoms with E-state index >= 15 is 0 Å². The summed E-state index contributed by atoms with van der Waals surface area (Å²) < 4.78 is 0. The zero-order valence-corrected chi connectivity index (χ0v) is 17.0. The molecule has 1 fully saturated rings. The van der Waals surface area contributed by atoms with E-state index in [1.807, 2.05) is 18.2 Å². The number of likely N-dealkylation sites (tertiary alicyclic amines) is 1. The summed E-state index contributed by atoms with van der Waals surface area (Å²) in [5.74, 6) is -0.476. The number of carbonyl (C=O) groups excluding carboxylic acids is 2. The van der Waals surface area contributed by atoms with Crippen LogP contribution in [0.2, 0.25) is 10.0 Å². The van der Waals surface area contributed by atoms with E-state index in [0.717, 1.165) is 30.5 Å². The van der Waals surface area contributed by atoms with Crippen molar-refractivity contribution in [3.63, 3.8) is 0 Å². The average molecular weight is 420 g/mol. The Bertz CT molecular complexity index is 835. The van der Waals surface area contributed by atoms with E-state index in [0.29, 0.717) is 28.8 Å². The van der Waals surface area contributed by atoms with Crippen molar-refractivity contribution in [2.75, 3.05) is 18.4 Å². The Labute approximate surface area is 174 Å². The van der Waals surface area contributed by atoms with E-state index in [-0.39, 0.29) is 24.2 Å². The standard InChI is InChI=1S/C21H23Cl2N3O2/c22-18-4-1-5-19(23)17(18)13-26-10-2-3-15(12-26)21(28)25-16-8-6-14(7-9-16)11-20(24)27/h1,4-9,15H,2-3,10-13H2,(H2,24,27)(H,25,28)/t15-/m1/s1. The van der Waals surface area contributed by atoms with Gasteiger partial charge in [-0.25, -0.2) is 0 Å². The number of hydrogen-bond donors (Lipinski definition) is 2. The normalized spacial score (nSPS) is 17.3. The van der Waals surface area contributed by atoms with Crippen LogP contribution >= 0.6 is 23.2 Å². The van der Waals surface area contributed by atoms with Gasteiger partial charge in [-0.15, -0.1) is 0 Å². The minimum Gasteiger partial charge on any atom is -0.369 e. The summed E-state index contributed by atoms with van der Waals surface area (Å²) >= 11 is 12.6. The molecule has 0 unspecified atom stereocenters. The molecule has 1 saturated heterocycles. The number of nitrogens with one attached hydrogen (secondary N) is 1. The summed E-state index contributed by atoms with van der Waals surface area (Å²) in [7, 11) is 0. The van der Waals surface area contributed by atoms with Gasteiger partial charge in [0.2, 0.25) is 11.8 Å². The first-order valence-corrected chi connectivity index (χ1v) is 10.0. The summed E-state index contributed by atoms with van der Waals surface area (Å²) in [6, 6.07) is 12.7. The van der Waals surface area contributed by atoms with Gasteiger partial charge in [-0.3, -0.25) is 14.5 Å². The third kappa shape index (κ3) is 5.47. The number of amides is 2. The topological polar surface area (TPSA) is 75.4 Å². The van der Waals surface area contributed by atoms with E-state index < -0.39 is 0 Å². The van der Waals surface area contributed by atoms with Crippen molar-refractivity contribution in [1.29, 1.82) is 0 Å². The molecule has 1 atom stereocenters. The minimum absolute atomic E-state index is 0.00222. The molecule has 5 nitrogen and oxygen atoms in total. The van der Waals surface area contributed by atoms with Gasteiger partial charge >= 0.3 is 0 Å². The maximum atomic E-state index is 12.7. The van der Waals surface area contributed by atoms with Crippen LogP contribution < -0.4 is 11.1 Å². The van der Waals surface area contributed by atoms with Gasteiger partial charge in [-0.1, -0.05) is 41.4 Å². The molecular weight excluding hydrogens is 397 g/mol. The zero-order valence-electron chi connectivity index (χ0n) is 15.5. The predicted octanol–water partition coefficient (Wildman–Crippen LogP) is 3.87. The Balaban J connectivity index is 1.59. The summed E-state index contributed by atoms with van der Waals surface area (Å²) in [6.45, 7) is 2.20. The van der Waals surface area contributed by atoms with Crippen LogP contribution in [-0.2, 0) is 22.6 Å². The number of nitrogens with zero attached hydrogens (tertiary/aromatic N) is 1. The molecule has 0 bridgehead atoms. The quantitative estimate of drug-likeness (QED) is 0.745. The molecule has 0 aromatic heterocycles. The number of primary amides is 1. The number of nitrogens with two attached hydrogens (primary N) is 1. The molecule has 2 aromatic rings. The third-order valence-corrected chi connectivity index (χ3v) is 5.63. The first kappa shape index (κ1) is 20.6. The van der Waals surface area contributed by atoms with Gasteiger partial charge in [0.05, 0.1) is 12.3 Å². The largest absolute Gasteiger partial charge is 0.369 e. The molecule has 2 amide bonds. The number of anilines is 1. The van der Waals surface area contributed by atoms with Crippen LogP contribution in [0.1, 0.15) is 24.0 Å². The number of rotatable bonds is 6. The highest BCUT2D eigenvalue weighted by Crippen LogP contribution is 2.28. The summed E-state index contributed by atoms with van der Waals surface area (Å²) in [5, 5.41) is 4.26. The third-order valence-electron chi connectivity index (χ3n) is 4.92. The Kier molecular flexibility index (Phi) is 6.94. The first-order chi connectivity index (χ1) is 13.4. The van der Waals surface area contributed by atoms with E-state index in [1.54, 1.807) is 24.3 Å². The summed E-state index contributed by atoms with van der Waals surface area (Å²) in [6.07, 6.45) is 1.98. The smallest absolute Gasteiger partial charge is 0.228 e. The highest BCUT2D eigenvalue weighted by Gasteiger charge is 2.26. The Morgan fingerprint density at radius 1 is 1.11 bits per heavy atom. The summed E-state index contributed by atoms with van der Waals surface area (Å²) in [4.78, 5) is 25.9. The van der Waals surface area contributed by atoms with Gasteiger partial charge in [0.1, 0.15) is 0 Å². The lowest BCUT2D eigenvalue weighted by molar-refractivity contribution is -0.121. The fourth-order valence-corrected chi connectivity index (χ4v) is 3.99. The number of piperidine rings is 1. The SMILES string of the molecule is NC(=O)Cc1ccc(NC(=O)[C@@H]2CCCN(Cc3c(Cl)cccc3Cl)C2)cc1. The number of carbonyl (C=O) groups is 2. The lowest BCUT2D eigenvalue weighted by Crippen LogP contribution is -2.40. The van der Waals surface area contributed by atoms with Gasteiger partial charge in [-0.05, 0) is 49.2 Å². The Hall–Kier alpha value is -2.08. The fourth-order valence-electron chi connectivity index (χ4n) is 3.47. The van der Waals surface area contributed by atoms with Crippen molar-refractivity contribution in [1.82, 2.24) is 4.90 Å². The molecule has 3 rings (SSSR count). The molecule has 148 valence electrons. The number of halogens is 2. The number of benzene rings is 2. The van der Waals surface area contributed by atoms with Gasteiger partial charge in [-0.2, -0.15) is 0 Å². The van der Waals surface area contributed by atoms with E-state index in [4.69, 9.17) is 28.9 Å². The maximum absolute atomic E-state index is 12.7. The lowest BCUT2D eigenvalue weighted by Gasteiger charge is -2.32. The Morgan fingerprint density at radius 3 is 2.43 bits per heavy atom. The van der Waals surface area contributed by atoms with Crippen LogP contribution in [0.15, 0.2) is 42.5 Å². The van der Waals surface area contributed by atoms with Crippen LogP contribution in [0.25, 0.3) is 0 Å². The number of hydrogen-bond acceptors (Lipinski definition) is 3. The van der Waals surface area contributed by atoms with Gasteiger partial charge in [0.15, 0.2) is 0 Å². The summed E-state index contributed by atoms with van der Waals surface area (Å²) in [5.41, 5.74) is 7.64. The minimum atomic E-state index is -0.377. The second-order valence-electron chi connectivity index (χ2n) is 7.10. The van der Waals surface area contributed by atoms with Crippen molar-refractivity contribution < 1.29 is 9.59 Å². The molecule has 0 aliphatic carbocycles. The maximum Gasteiger partial charge on any atom is 0.228 e. The molecule has 28 heavy (non-hydrogen) atoms. The van der Waals surface area contributed by atoms with Crippen molar-refractivity contribution >= 4 is 40.7 Å². The second-order valence-corrected chi connectivity index (χ2v) is 7.92. The van der Waals surface area contributed by atoms with E-state index in [2.05, 4.69) is 10.2 Å². The second kappa shape index (κ2) is 9.41. The molecule has 1 aliphatic rings. The zero-order chi connectivity index (χ0) is 20.1. The molecule has 2 aromatic carbocycles. The molecule has 0 radical (unpaired) electrons. The highest BCUT2D eigenvalue weighted by atomic mass is 35.5. The van der Waals surface area contributed by atoms with Crippen molar-refractivity contribution in [2.45, 2.75) is 25.8 Å². The highest BCUT2D eigenvalue weighted by molar-refractivity contribution is 6.35. The lowest BCUT2D eigenvalue weighted by atomic mass is 9.96. The van der Waals surface area contributed by atoms with E-state index in [1.165, 1.54) is 0 Å². The molecule has 0 spiro atoms. The van der Waals surface area contributed by atoms with Crippen molar-refractivity contribution in [3.8, 4) is 0 Å². The van der Waals surface area contributed by atoms with Crippen molar-refractivity contribution in [3.05, 3.63) is 63.6 Å². The fraction of sp³-hybridized carbons (Fsp3) is 0.333. The Morgan fingerprint density at radius 2 is 1.79 bits per heavy atom. The van der Waals surface area contributed by atoms with Crippen LogP contribution in [-0.4, -0.2) is 29.8 Å². The first-order valence-electron chi connectivity index (χ1n) is 9.25. The average Bonchev–Trinajstić information content (AvgIpc) is 2.66. The molecule has 1 heterocycles. The molecule has 1 aliphatic heterocycles.